The van der Waals surface area contributed by atoms with Crippen LogP contribution in [-0.4, -0.2) is 31.6 Å². The lowest BCUT2D eigenvalue weighted by Crippen LogP contribution is -2.25. The Morgan fingerprint density at radius 3 is 2.77 bits per heavy atom. The molecule has 0 spiro atoms. The van der Waals surface area contributed by atoms with Crippen LogP contribution in [0.15, 0.2) is 45.1 Å². The molecule has 0 fully saturated rings. The lowest BCUT2D eigenvalue weighted by molar-refractivity contribution is -0.113. The Labute approximate surface area is 127 Å². The summed E-state index contributed by atoms with van der Waals surface area (Å²) in [6, 6.07) is 8.65. The molecular formula is C13H11N5O3S. The van der Waals surface area contributed by atoms with Crippen LogP contribution in [0.25, 0.3) is 11.0 Å². The maximum absolute atomic E-state index is 11.8. The molecule has 8 nitrogen and oxygen atoms in total. The molecule has 0 unspecified atom stereocenters. The molecule has 0 aliphatic rings. The molecule has 22 heavy (non-hydrogen) atoms. The van der Waals surface area contributed by atoms with Crippen LogP contribution in [0.1, 0.15) is 0 Å². The number of fused-ring (bicyclic) bond motifs is 1. The normalized spacial score (nSPS) is 10.7. The number of rotatable bonds is 4. The van der Waals surface area contributed by atoms with E-state index in [9.17, 15) is 14.4 Å². The number of para-hydroxylation sites is 2. The van der Waals surface area contributed by atoms with Crippen molar-refractivity contribution in [1.82, 2.24) is 19.9 Å². The van der Waals surface area contributed by atoms with Gasteiger partial charge in [0.25, 0.3) is 5.56 Å². The molecule has 0 atom stereocenters. The minimum absolute atomic E-state index is 0.0592. The molecule has 112 valence electrons. The van der Waals surface area contributed by atoms with Crippen LogP contribution in [0.3, 0.4) is 0 Å². The van der Waals surface area contributed by atoms with Crippen LogP contribution < -0.4 is 16.6 Å². The van der Waals surface area contributed by atoms with Crippen LogP contribution in [0.4, 0.5) is 5.82 Å². The number of nitrogens with one attached hydrogen (secondary N) is 4. The number of carbonyl (C=O) groups excluding carboxylic acids is 1. The topological polar surface area (TPSA) is 123 Å². The number of H-pyrrole nitrogens is 3. The molecule has 0 aliphatic carbocycles. The number of nitrogens with zero attached hydrogens (tertiary/aromatic N) is 1. The van der Waals surface area contributed by atoms with E-state index >= 15 is 0 Å². The lowest BCUT2D eigenvalue weighted by atomic mass is 10.3. The number of thioether (sulfide) groups is 1. The summed E-state index contributed by atoms with van der Waals surface area (Å²) in [6.07, 6.45) is 0. The molecule has 0 bridgehead atoms. The molecular weight excluding hydrogens is 306 g/mol. The fourth-order valence-electron chi connectivity index (χ4n) is 1.85. The van der Waals surface area contributed by atoms with Crippen molar-refractivity contribution in [3.63, 3.8) is 0 Å². The number of hydrogen-bond acceptors (Lipinski definition) is 5. The van der Waals surface area contributed by atoms with Gasteiger partial charge < -0.3 is 10.3 Å². The number of amides is 1. The van der Waals surface area contributed by atoms with E-state index in [1.807, 2.05) is 29.2 Å². The highest BCUT2D eigenvalue weighted by Crippen LogP contribution is 2.19. The molecule has 4 N–H and O–H groups in total. The number of aromatic amines is 3. The SMILES string of the molecule is O=C(CSc1nc2ccccc2[nH]1)Nc1cc(=O)[nH]c(=O)[nH]1. The zero-order valence-corrected chi connectivity index (χ0v) is 12.0. The van der Waals surface area contributed by atoms with Crippen LogP contribution in [0, 0.1) is 0 Å². The fraction of sp³-hybridized carbons (Fsp3) is 0.0769. The van der Waals surface area contributed by atoms with Crippen molar-refractivity contribution in [2.45, 2.75) is 5.16 Å². The van der Waals surface area contributed by atoms with Gasteiger partial charge in [0.2, 0.25) is 5.91 Å². The Bertz CT molecular complexity index is 881. The van der Waals surface area contributed by atoms with Gasteiger partial charge in [0, 0.05) is 6.07 Å². The summed E-state index contributed by atoms with van der Waals surface area (Å²) >= 11 is 1.23. The average molecular weight is 317 g/mol. The predicted molar refractivity (Wildman–Crippen MR) is 83.1 cm³/mol. The number of hydrogen-bond donors (Lipinski definition) is 4. The van der Waals surface area contributed by atoms with E-state index in [0.29, 0.717) is 5.16 Å². The van der Waals surface area contributed by atoms with E-state index < -0.39 is 11.2 Å². The van der Waals surface area contributed by atoms with Gasteiger partial charge >= 0.3 is 5.69 Å². The fourth-order valence-corrected chi connectivity index (χ4v) is 2.54. The van der Waals surface area contributed by atoms with Gasteiger partial charge in [0.05, 0.1) is 16.8 Å². The van der Waals surface area contributed by atoms with E-state index in [1.54, 1.807) is 0 Å². The maximum Gasteiger partial charge on any atom is 0.327 e. The van der Waals surface area contributed by atoms with Gasteiger partial charge in [-0.15, -0.1) is 0 Å². The molecule has 0 saturated heterocycles. The number of benzene rings is 1. The maximum atomic E-state index is 11.8. The third-order valence-electron chi connectivity index (χ3n) is 2.74. The van der Waals surface area contributed by atoms with E-state index in [0.717, 1.165) is 17.1 Å². The van der Waals surface area contributed by atoms with E-state index in [1.165, 1.54) is 11.8 Å². The van der Waals surface area contributed by atoms with Gasteiger partial charge in [-0.25, -0.2) is 9.78 Å². The minimum Gasteiger partial charge on any atom is -0.333 e. The third kappa shape index (κ3) is 3.26. The van der Waals surface area contributed by atoms with Crippen molar-refractivity contribution in [2.24, 2.45) is 0 Å². The standard InChI is InChI=1S/C13H11N5O3S/c19-10-5-9(17-12(21)18-10)16-11(20)6-22-13-14-7-3-1-2-4-8(7)15-13/h1-5H,6H2,(H,14,15)(H3,16,17,18,19,20,21). The second-order valence-corrected chi connectivity index (χ2v) is 5.36. The first kappa shape index (κ1) is 14.1. The molecule has 3 aromatic rings. The number of carbonyl (C=O) groups is 1. The van der Waals surface area contributed by atoms with Crippen molar-refractivity contribution in [3.8, 4) is 0 Å². The summed E-state index contributed by atoms with van der Waals surface area (Å²) in [5.41, 5.74) is 0.463. The largest absolute Gasteiger partial charge is 0.333 e. The van der Waals surface area contributed by atoms with Crippen molar-refractivity contribution in [2.75, 3.05) is 11.1 Å². The van der Waals surface area contributed by atoms with Gasteiger partial charge in [0.15, 0.2) is 5.16 Å². The second-order valence-electron chi connectivity index (χ2n) is 4.40. The Hall–Kier alpha value is -2.81. The lowest BCUT2D eigenvalue weighted by Gasteiger charge is -2.02. The Balaban J connectivity index is 1.64. The summed E-state index contributed by atoms with van der Waals surface area (Å²) in [4.78, 5) is 45.8. The smallest absolute Gasteiger partial charge is 0.327 e. The zero-order valence-electron chi connectivity index (χ0n) is 11.2. The molecule has 2 heterocycles. The quantitative estimate of drug-likeness (QED) is 0.527. The molecule has 3 rings (SSSR count). The first-order chi connectivity index (χ1) is 10.6. The number of anilines is 1. The van der Waals surface area contributed by atoms with Crippen molar-refractivity contribution >= 4 is 34.5 Å². The van der Waals surface area contributed by atoms with Gasteiger partial charge in [-0.2, -0.15) is 0 Å². The summed E-state index contributed by atoms with van der Waals surface area (Å²) in [5.74, 6) is -0.204. The molecule has 0 saturated carbocycles. The molecule has 1 amide bonds. The first-order valence-electron chi connectivity index (χ1n) is 6.31. The minimum atomic E-state index is -0.673. The highest BCUT2D eigenvalue weighted by Gasteiger charge is 2.08. The Morgan fingerprint density at radius 2 is 2.00 bits per heavy atom. The summed E-state index contributed by atoms with van der Waals surface area (Å²) in [5, 5.41) is 3.07. The van der Waals surface area contributed by atoms with Crippen LogP contribution in [0.5, 0.6) is 0 Å². The predicted octanol–water partition coefficient (Wildman–Crippen LogP) is 0.670. The average Bonchev–Trinajstić information content (AvgIpc) is 2.87. The van der Waals surface area contributed by atoms with Gasteiger partial charge in [0.1, 0.15) is 5.82 Å². The summed E-state index contributed by atoms with van der Waals surface area (Å²) < 4.78 is 0. The molecule has 0 radical (unpaired) electrons. The van der Waals surface area contributed by atoms with Crippen molar-refractivity contribution < 1.29 is 4.79 Å². The molecule has 9 heteroatoms. The molecule has 1 aromatic carbocycles. The second kappa shape index (κ2) is 5.90. The molecule has 2 aromatic heterocycles. The molecule has 0 aliphatic heterocycles. The third-order valence-corrected chi connectivity index (χ3v) is 3.62. The van der Waals surface area contributed by atoms with Gasteiger partial charge in [-0.1, -0.05) is 23.9 Å². The van der Waals surface area contributed by atoms with E-state index in [4.69, 9.17) is 0 Å². The van der Waals surface area contributed by atoms with Gasteiger partial charge in [-0.3, -0.25) is 19.6 Å². The Morgan fingerprint density at radius 1 is 1.18 bits per heavy atom. The monoisotopic (exact) mass is 317 g/mol. The summed E-state index contributed by atoms with van der Waals surface area (Å²) in [7, 11) is 0. The highest BCUT2D eigenvalue weighted by molar-refractivity contribution is 7.99. The summed E-state index contributed by atoms with van der Waals surface area (Å²) in [6.45, 7) is 0. The number of imidazole rings is 1. The number of aromatic nitrogens is 4. The van der Waals surface area contributed by atoms with E-state index in [2.05, 4.69) is 20.3 Å². The van der Waals surface area contributed by atoms with Crippen LogP contribution in [-0.2, 0) is 4.79 Å². The van der Waals surface area contributed by atoms with Crippen LogP contribution >= 0.6 is 11.8 Å². The van der Waals surface area contributed by atoms with Crippen LogP contribution in [0.2, 0.25) is 0 Å². The van der Waals surface area contributed by atoms with Crippen molar-refractivity contribution in [3.05, 3.63) is 51.2 Å². The van der Waals surface area contributed by atoms with Crippen molar-refractivity contribution in [1.29, 1.82) is 0 Å². The Kier molecular flexibility index (Phi) is 3.79. The zero-order chi connectivity index (χ0) is 15.5. The first-order valence-corrected chi connectivity index (χ1v) is 7.30. The van der Waals surface area contributed by atoms with E-state index in [-0.39, 0.29) is 17.5 Å². The van der Waals surface area contributed by atoms with Gasteiger partial charge in [-0.05, 0) is 12.1 Å². The highest BCUT2D eigenvalue weighted by atomic mass is 32.2.